The molecule has 0 aliphatic carbocycles. The number of hydrogen-bond acceptors (Lipinski definition) is 6. The average Bonchev–Trinajstić information content (AvgIpc) is 2.78. The van der Waals surface area contributed by atoms with Gasteiger partial charge in [-0.2, -0.15) is 18.4 Å². The first-order valence-electron chi connectivity index (χ1n) is 9.86. The number of carbonyl (C=O) groups is 1. The number of halogens is 5. The molecule has 2 N–H and O–H groups in total. The third-order valence-electron chi connectivity index (χ3n) is 4.96. The highest BCUT2D eigenvalue weighted by molar-refractivity contribution is 5.90. The number of hydrogen-bond donors (Lipinski definition) is 2. The molecule has 0 spiro atoms. The molecular formula is C22H17F5N4O4. The van der Waals surface area contributed by atoms with Crippen molar-refractivity contribution in [2.24, 2.45) is 4.99 Å². The number of aromatic nitrogens is 1. The molecule has 2 aromatic rings. The predicted molar refractivity (Wildman–Crippen MR) is 112 cm³/mol. The second-order valence-corrected chi connectivity index (χ2v) is 7.50. The van der Waals surface area contributed by atoms with E-state index in [9.17, 15) is 26.7 Å². The molecule has 35 heavy (non-hydrogen) atoms. The minimum absolute atomic E-state index is 0.107. The highest BCUT2D eigenvalue weighted by Crippen LogP contribution is 2.37. The number of aliphatic imine (C=N–C) groups is 1. The molecule has 2 heterocycles. The summed E-state index contributed by atoms with van der Waals surface area (Å²) in [6, 6.07) is 7.22. The molecular weight excluding hydrogens is 479 g/mol. The van der Waals surface area contributed by atoms with Crippen molar-refractivity contribution in [1.29, 1.82) is 5.26 Å². The van der Waals surface area contributed by atoms with E-state index in [0.717, 1.165) is 24.4 Å². The molecule has 0 saturated heterocycles. The standard InChI is InChI=1S/C22H17F5N4O4/c1-21(18(35-11-22(25,26)27)10-34-19(31-21)30-20(32)33)14-6-12(2-4-15(14)23)7-16(24)17-5-3-13(8-28)9-29-17/h2-7,9,18H,10-11H2,1H3,(H,30,31)(H,32,33)/b16-7-/t18?,21-/m1/s1. The number of nitrogens with zero attached hydrogens (tertiary/aromatic N) is 3. The quantitative estimate of drug-likeness (QED) is 0.594. The second-order valence-electron chi connectivity index (χ2n) is 7.50. The summed E-state index contributed by atoms with van der Waals surface area (Å²) in [6.07, 6.45) is -5.57. The van der Waals surface area contributed by atoms with Crippen molar-refractivity contribution in [2.75, 3.05) is 13.2 Å². The molecule has 13 heteroatoms. The normalized spacial score (nSPS) is 20.4. The Bertz CT molecular complexity index is 1210. The van der Waals surface area contributed by atoms with E-state index in [4.69, 9.17) is 19.8 Å². The molecule has 1 aromatic carbocycles. The van der Waals surface area contributed by atoms with Gasteiger partial charge in [-0.15, -0.1) is 0 Å². The van der Waals surface area contributed by atoms with Gasteiger partial charge in [0.2, 0.25) is 0 Å². The van der Waals surface area contributed by atoms with Crippen LogP contribution in [0.2, 0.25) is 0 Å². The number of alkyl halides is 3. The SMILES string of the molecule is C[C@]1(c2cc(/C=C(\F)c3ccc(C#N)cn3)ccc2F)N=C(NC(=O)O)OCC1OCC(F)(F)F. The van der Waals surface area contributed by atoms with E-state index in [1.807, 2.05) is 11.4 Å². The summed E-state index contributed by atoms with van der Waals surface area (Å²) in [4.78, 5) is 18.8. The van der Waals surface area contributed by atoms with E-state index in [1.165, 1.54) is 25.1 Å². The van der Waals surface area contributed by atoms with Gasteiger partial charge in [-0.05, 0) is 42.8 Å². The van der Waals surface area contributed by atoms with Crippen molar-refractivity contribution in [3.8, 4) is 6.07 Å². The van der Waals surface area contributed by atoms with Crippen LogP contribution in [0.15, 0.2) is 41.5 Å². The van der Waals surface area contributed by atoms with Crippen LogP contribution in [0.3, 0.4) is 0 Å². The Morgan fingerprint density at radius 3 is 2.74 bits per heavy atom. The number of rotatable bonds is 5. The number of amides is 1. The molecule has 184 valence electrons. The molecule has 2 atom stereocenters. The summed E-state index contributed by atoms with van der Waals surface area (Å²) in [6.45, 7) is -1.02. The Morgan fingerprint density at radius 1 is 1.40 bits per heavy atom. The lowest BCUT2D eigenvalue weighted by molar-refractivity contribution is -0.197. The van der Waals surface area contributed by atoms with Gasteiger partial charge in [0.05, 0.1) is 11.3 Å². The highest BCUT2D eigenvalue weighted by Gasteiger charge is 2.45. The minimum atomic E-state index is -4.70. The zero-order valence-corrected chi connectivity index (χ0v) is 17.9. The first kappa shape index (κ1) is 25.6. The average molecular weight is 496 g/mol. The van der Waals surface area contributed by atoms with Gasteiger partial charge in [0, 0.05) is 11.8 Å². The van der Waals surface area contributed by atoms with E-state index < -0.39 is 54.8 Å². The van der Waals surface area contributed by atoms with Crippen LogP contribution in [0.1, 0.15) is 29.3 Å². The Labute approximate surface area is 195 Å². The van der Waals surface area contributed by atoms with E-state index in [1.54, 1.807) is 0 Å². The van der Waals surface area contributed by atoms with Gasteiger partial charge in [0.25, 0.3) is 6.02 Å². The summed E-state index contributed by atoms with van der Waals surface area (Å²) >= 11 is 0. The maximum atomic E-state index is 14.9. The first-order chi connectivity index (χ1) is 16.4. The van der Waals surface area contributed by atoms with Crippen molar-refractivity contribution in [3.05, 3.63) is 64.7 Å². The molecule has 0 bridgehead atoms. The molecule has 1 unspecified atom stereocenters. The van der Waals surface area contributed by atoms with Crippen LogP contribution in [0, 0.1) is 17.1 Å². The molecule has 1 aromatic heterocycles. The van der Waals surface area contributed by atoms with Gasteiger partial charge in [0.1, 0.15) is 42.6 Å². The Kier molecular flexibility index (Phi) is 7.35. The molecule has 1 aliphatic rings. The monoisotopic (exact) mass is 496 g/mol. The third-order valence-corrected chi connectivity index (χ3v) is 4.96. The fourth-order valence-corrected chi connectivity index (χ4v) is 3.27. The van der Waals surface area contributed by atoms with Crippen molar-refractivity contribution < 1.29 is 41.3 Å². The third kappa shape index (κ3) is 6.30. The van der Waals surface area contributed by atoms with Crippen LogP contribution in [0.5, 0.6) is 0 Å². The molecule has 0 fully saturated rings. The summed E-state index contributed by atoms with van der Waals surface area (Å²) in [7, 11) is 0. The lowest BCUT2D eigenvalue weighted by Gasteiger charge is -2.38. The molecule has 0 radical (unpaired) electrons. The smallest absolute Gasteiger partial charge is 0.412 e. The molecule has 1 amide bonds. The van der Waals surface area contributed by atoms with Crippen LogP contribution in [-0.2, 0) is 15.0 Å². The van der Waals surface area contributed by atoms with E-state index >= 15 is 0 Å². The van der Waals surface area contributed by atoms with Gasteiger partial charge in [-0.25, -0.2) is 23.9 Å². The number of nitriles is 1. The molecule has 1 aliphatic heterocycles. The summed E-state index contributed by atoms with van der Waals surface area (Å²) in [5, 5.41) is 19.6. The zero-order chi connectivity index (χ0) is 25.8. The van der Waals surface area contributed by atoms with Crippen molar-refractivity contribution >= 4 is 24.0 Å². The number of nitrogens with one attached hydrogen (secondary N) is 1. The Balaban J connectivity index is 2.03. The van der Waals surface area contributed by atoms with E-state index in [-0.39, 0.29) is 22.4 Å². The lowest BCUT2D eigenvalue weighted by atomic mass is 9.85. The van der Waals surface area contributed by atoms with Crippen LogP contribution >= 0.6 is 0 Å². The van der Waals surface area contributed by atoms with Crippen molar-refractivity contribution in [2.45, 2.75) is 24.7 Å². The van der Waals surface area contributed by atoms with Crippen LogP contribution in [-0.4, -0.2) is 47.7 Å². The second kappa shape index (κ2) is 10.1. The minimum Gasteiger partial charge on any atom is -0.465 e. The van der Waals surface area contributed by atoms with Crippen LogP contribution in [0.25, 0.3) is 11.9 Å². The number of carboxylic acid groups (broad SMARTS) is 1. The van der Waals surface area contributed by atoms with Crippen molar-refractivity contribution in [1.82, 2.24) is 10.3 Å². The number of amidine groups is 1. The zero-order valence-electron chi connectivity index (χ0n) is 17.9. The predicted octanol–water partition coefficient (Wildman–Crippen LogP) is 4.38. The topological polar surface area (TPSA) is 117 Å². The number of ether oxygens (including phenoxy) is 2. The van der Waals surface area contributed by atoms with E-state index in [0.29, 0.717) is 0 Å². The number of benzene rings is 1. The fourth-order valence-electron chi connectivity index (χ4n) is 3.27. The summed E-state index contributed by atoms with van der Waals surface area (Å²) in [5.74, 6) is -1.73. The Morgan fingerprint density at radius 2 is 2.14 bits per heavy atom. The largest absolute Gasteiger partial charge is 0.465 e. The highest BCUT2D eigenvalue weighted by atomic mass is 19.4. The van der Waals surface area contributed by atoms with Crippen LogP contribution in [0.4, 0.5) is 26.7 Å². The van der Waals surface area contributed by atoms with Gasteiger partial charge in [-0.1, -0.05) is 6.07 Å². The van der Waals surface area contributed by atoms with E-state index in [2.05, 4.69) is 9.98 Å². The maximum absolute atomic E-state index is 14.9. The summed E-state index contributed by atoms with van der Waals surface area (Å²) in [5.41, 5.74) is -1.95. The Hall–Kier alpha value is -4.05. The van der Waals surface area contributed by atoms with Gasteiger partial charge in [0.15, 0.2) is 0 Å². The van der Waals surface area contributed by atoms with Crippen LogP contribution < -0.4 is 5.32 Å². The van der Waals surface area contributed by atoms with Gasteiger partial charge < -0.3 is 14.6 Å². The first-order valence-corrected chi connectivity index (χ1v) is 9.86. The number of pyridine rings is 1. The maximum Gasteiger partial charge on any atom is 0.412 e. The molecule has 3 rings (SSSR count). The van der Waals surface area contributed by atoms with Gasteiger partial charge in [-0.3, -0.25) is 4.98 Å². The van der Waals surface area contributed by atoms with Crippen molar-refractivity contribution in [3.63, 3.8) is 0 Å². The lowest BCUT2D eigenvalue weighted by Crippen LogP contribution is -2.50. The molecule has 8 nitrogen and oxygen atoms in total. The summed E-state index contributed by atoms with van der Waals surface area (Å²) < 4.78 is 77.9. The fraction of sp³-hybridized carbons (Fsp3) is 0.273. The molecule has 0 saturated carbocycles. The van der Waals surface area contributed by atoms with Gasteiger partial charge >= 0.3 is 12.3 Å².